The lowest BCUT2D eigenvalue weighted by molar-refractivity contribution is -0.117. The molecule has 0 saturated carbocycles. The molecule has 1 fully saturated rings. The largest absolute Gasteiger partial charge is 0.369 e. The van der Waals surface area contributed by atoms with Crippen LogP contribution in [0.25, 0.3) is 0 Å². The van der Waals surface area contributed by atoms with Crippen molar-refractivity contribution in [1.82, 2.24) is 10.2 Å². The highest BCUT2D eigenvalue weighted by atomic mass is 35.5. The van der Waals surface area contributed by atoms with Gasteiger partial charge in [0.2, 0.25) is 11.8 Å². The first-order valence-electron chi connectivity index (χ1n) is 7.38. The molecule has 0 spiro atoms. The summed E-state index contributed by atoms with van der Waals surface area (Å²) in [7, 11) is 0. The van der Waals surface area contributed by atoms with Crippen LogP contribution in [0.2, 0.25) is 0 Å². The molecule has 0 aliphatic carbocycles. The number of benzene rings is 1. The van der Waals surface area contributed by atoms with Gasteiger partial charge in [-0.05, 0) is 31.6 Å². The Bertz CT molecular complexity index is 522. The summed E-state index contributed by atoms with van der Waals surface area (Å²) in [5.74, 6) is -0.206. The number of carbonyl (C=O) groups excluding carboxylic acids is 2. The molecular weight excluding hydrogens is 336 g/mol. The smallest absolute Gasteiger partial charge is 0.238 e. The van der Waals surface area contributed by atoms with Gasteiger partial charge in [-0.3, -0.25) is 14.5 Å². The number of thioether (sulfide) groups is 1. The van der Waals surface area contributed by atoms with E-state index < -0.39 is 0 Å². The molecule has 1 aliphatic rings. The Labute approximate surface area is 147 Å². The van der Waals surface area contributed by atoms with Crippen LogP contribution in [0.5, 0.6) is 0 Å². The number of anilines is 1. The number of nitrogens with two attached hydrogens (primary N) is 1. The number of rotatable bonds is 6. The minimum Gasteiger partial charge on any atom is -0.369 e. The lowest BCUT2D eigenvalue weighted by Gasteiger charge is -2.19. The molecule has 0 radical (unpaired) electrons. The molecule has 1 aliphatic heterocycles. The minimum absolute atomic E-state index is 0. The number of nitrogens with one attached hydrogen (secondary N) is 2. The van der Waals surface area contributed by atoms with E-state index in [9.17, 15) is 9.59 Å². The number of para-hydroxylation sites is 1. The molecule has 1 saturated heterocycles. The van der Waals surface area contributed by atoms with Gasteiger partial charge in [-0.15, -0.1) is 24.2 Å². The maximum absolute atomic E-state index is 12.2. The number of hydrogen-bond donors (Lipinski definition) is 3. The van der Waals surface area contributed by atoms with Crippen LogP contribution in [0, 0.1) is 0 Å². The van der Waals surface area contributed by atoms with Crippen molar-refractivity contribution in [2.24, 2.45) is 5.73 Å². The van der Waals surface area contributed by atoms with Crippen LogP contribution in [-0.4, -0.2) is 55.2 Å². The average Bonchev–Trinajstić information content (AvgIpc) is 2.75. The standard InChI is InChI=1S/C15H22N4O2S.ClH/c16-14(20)11-22-13-5-2-1-4-12(13)18-15(21)10-19-8-3-6-17-7-9-19;/h1-2,4-5,17H,3,6-11H2,(H2,16,20)(H,18,21);1H. The Balaban J connectivity index is 0.00000264. The van der Waals surface area contributed by atoms with Crippen LogP contribution in [0.15, 0.2) is 29.2 Å². The van der Waals surface area contributed by atoms with Crippen molar-refractivity contribution in [3.05, 3.63) is 24.3 Å². The molecule has 8 heteroatoms. The van der Waals surface area contributed by atoms with Gasteiger partial charge in [-0.1, -0.05) is 12.1 Å². The van der Waals surface area contributed by atoms with Gasteiger partial charge in [0, 0.05) is 18.0 Å². The number of primary amides is 1. The Morgan fingerprint density at radius 2 is 2.04 bits per heavy atom. The van der Waals surface area contributed by atoms with Crippen molar-refractivity contribution < 1.29 is 9.59 Å². The number of amides is 2. The number of hydrogen-bond acceptors (Lipinski definition) is 5. The zero-order valence-corrected chi connectivity index (χ0v) is 14.5. The fourth-order valence-electron chi connectivity index (χ4n) is 2.30. The summed E-state index contributed by atoms with van der Waals surface area (Å²) in [6.45, 7) is 4.11. The highest BCUT2D eigenvalue weighted by molar-refractivity contribution is 8.00. The molecule has 6 nitrogen and oxygen atoms in total. The van der Waals surface area contributed by atoms with E-state index in [1.807, 2.05) is 24.3 Å². The lowest BCUT2D eigenvalue weighted by Crippen LogP contribution is -2.35. The highest BCUT2D eigenvalue weighted by Gasteiger charge is 2.14. The molecule has 1 aromatic rings. The van der Waals surface area contributed by atoms with Gasteiger partial charge >= 0.3 is 0 Å². The second kappa shape index (κ2) is 10.5. The van der Waals surface area contributed by atoms with E-state index in [2.05, 4.69) is 15.5 Å². The van der Waals surface area contributed by atoms with Crippen LogP contribution in [0.3, 0.4) is 0 Å². The van der Waals surface area contributed by atoms with E-state index in [1.54, 1.807) is 0 Å². The Hall–Kier alpha value is -1.28. The van der Waals surface area contributed by atoms with Gasteiger partial charge < -0.3 is 16.4 Å². The summed E-state index contributed by atoms with van der Waals surface area (Å²) in [4.78, 5) is 26.1. The normalized spacial score (nSPS) is 15.3. The van der Waals surface area contributed by atoms with Crippen LogP contribution in [0.1, 0.15) is 6.42 Å². The minimum atomic E-state index is -0.372. The maximum Gasteiger partial charge on any atom is 0.238 e. The van der Waals surface area contributed by atoms with Crippen molar-refractivity contribution in [2.45, 2.75) is 11.3 Å². The molecule has 0 aromatic heterocycles. The van der Waals surface area contributed by atoms with Gasteiger partial charge in [0.05, 0.1) is 18.0 Å². The molecule has 1 heterocycles. The zero-order valence-electron chi connectivity index (χ0n) is 12.9. The summed E-state index contributed by atoms with van der Waals surface area (Å²) in [6.07, 6.45) is 1.05. The summed E-state index contributed by atoms with van der Waals surface area (Å²) < 4.78 is 0. The summed E-state index contributed by atoms with van der Waals surface area (Å²) in [5, 5.41) is 6.24. The van der Waals surface area contributed by atoms with Crippen molar-refractivity contribution >= 4 is 41.7 Å². The van der Waals surface area contributed by atoms with Gasteiger partial charge in [0.15, 0.2) is 0 Å². The summed E-state index contributed by atoms with van der Waals surface area (Å²) in [6, 6.07) is 7.45. The third-order valence-corrected chi connectivity index (χ3v) is 4.43. The summed E-state index contributed by atoms with van der Waals surface area (Å²) >= 11 is 1.33. The Morgan fingerprint density at radius 3 is 2.83 bits per heavy atom. The fourth-order valence-corrected chi connectivity index (χ4v) is 3.04. The maximum atomic E-state index is 12.2. The first-order chi connectivity index (χ1) is 10.6. The van der Waals surface area contributed by atoms with Gasteiger partial charge in [-0.2, -0.15) is 0 Å². The van der Waals surface area contributed by atoms with Gasteiger partial charge in [-0.25, -0.2) is 0 Å². The SMILES string of the molecule is Cl.NC(=O)CSc1ccccc1NC(=O)CN1CCCNCC1. The molecule has 2 rings (SSSR count). The monoisotopic (exact) mass is 358 g/mol. The van der Waals surface area contributed by atoms with Gasteiger partial charge in [0.25, 0.3) is 0 Å². The van der Waals surface area contributed by atoms with Crippen LogP contribution < -0.4 is 16.4 Å². The molecule has 128 valence electrons. The van der Waals surface area contributed by atoms with Crippen molar-refractivity contribution in [1.29, 1.82) is 0 Å². The van der Waals surface area contributed by atoms with E-state index in [4.69, 9.17) is 5.73 Å². The second-order valence-corrected chi connectivity index (χ2v) is 6.20. The molecule has 23 heavy (non-hydrogen) atoms. The van der Waals surface area contributed by atoms with Crippen molar-refractivity contribution in [3.63, 3.8) is 0 Å². The number of carbonyl (C=O) groups is 2. The lowest BCUT2D eigenvalue weighted by atomic mass is 10.3. The first kappa shape index (κ1) is 19.8. The van der Waals surface area contributed by atoms with E-state index >= 15 is 0 Å². The molecule has 2 amide bonds. The van der Waals surface area contributed by atoms with E-state index in [-0.39, 0.29) is 30.0 Å². The van der Waals surface area contributed by atoms with Crippen molar-refractivity contribution in [3.8, 4) is 0 Å². The quantitative estimate of drug-likeness (QED) is 0.658. The number of halogens is 1. The van der Waals surface area contributed by atoms with Gasteiger partial charge in [0.1, 0.15) is 0 Å². The number of nitrogens with zero attached hydrogens (tertiary/aromatic N) is 1. The van der Waals surface area contributed by atoms with Crippen LogP contribution in [-0.2, 0) is 9.59 Å². The molecular formula is C15H23ClN4O2S. The zero-order chi connectivity index (χ0) is 15.8. The van der Waals surface area contributed by atoms with Crippen LogP contribution in [0.4, 0.5) is 5.69 Å². The fraction of sp³-hybridized carbons (Fsp3) is 0.467. The van der Waals surface area contributed by atoms with Crippen LogP contribution >= 0.6 is 24.2 Å². The molecule has 1 aromatic carbocycles. The average molecular weight is 359 g/mol. The predicted octanol–water partition coefficient (Wildman–Crippen LogP) is 0.920. The third-order valence-electron chi connectivity index (χ3n) is 3.33. The van der Waals surface area contributed by atoms with Crippen molar-refractivity contribution in [2.75, 3.05) is 43.8 Å². The Kier molecular flexibility index (Phi) is 9.01. The third kappa shape index (κ3) is 7.22. The Morgan fingerprint density at radius 1 is 1.26 bits per heavy atom. The van der Waals surface area contributed by atoms with E-state index in [0.29, 0.717) is 6.54 Å². The van der Waals surface area contributed by atoms with E-state index in [0.717, 1.165) is 43.2 Å². The molecule has 0 atom stereocenters. The molecule has 4 N–H and O–H groups in total. The molecule has 0 bridgehead atoms. The first-order valence-corrected chi connectivity index (χ1v) is 8.37. The topological polar surface area (TPSA) is 87.5 Å². The van der Waals surface area contributed by atoms with E-state index in [1.165, 1.54) is 11.8 Å². The summed E-state index contributed by atoms with van der Waals surface area (Å²) in [5.41, 5.74) is 5.90. The molecule has 0 unspecified atom stereocenters. The second-order valence-electron chi connectivity index (χ2n) is 5.18. The highest BCUT2D eigenvalue weighted by Crippen LogP contribution is 2.26. The predicted molar refractivity (Wildman–Crippen MR) is 96.2 cm³/mol.